The maximum Gasteiger partial charge on any atom is 0.217 e. The van der Waals surface area contributed by atoms with Crippen LogP contribution in [0.15, 0.2) is 30.3 Å². The Kier molecular flexibility index (Phi) is 5.26. The molecule has 1 saturated carbocycles. The quantitative estimate of drug-likeness (QED) is 0.862. The maximum atomic E-state index is 13.1. The molecule has 7 heteroatoms. The largest absolute Gasteiger partial charge is 0.354 e. The molecule has 1 fully saturated rings. The van der Waals surface area contributed by atoms with Crippen LogP contribution in [0, 0.1) is 5.82 Å². The average Bonchev–Trinajstić information content (AvgIpc) is 2.99. The van der Waals surface area contributed by atoms with E-state index in [1.54, 1.807) is 6.92 Å². The maximum absolute atomic E-state index is 13.1. The molecule has 1 amide bonds. The molecule has 0 radical (unpaired) electrons. The van der Waals surface area contributed by atoms with Gasteiger partial charge in [0.2, 0.25) is 5.91 Å². The highest BCUT2D eigenvalue weighted by Crippen LogP contribution is 2.36. The molecule has 0 unspecified atom stereocenters. The number of aromatic nitrogens is 3. The minimum atomic E-state index is -0.199. The van der Waals surface area contributed by atoms with Crippen molar-refractivity contribution in [1.82, 2.24) is 25.0 Å². The van der Waals surface area contributed by atoms with E-state index in [0.29, 0.717) is 5.92 Å². The lowest BCUT2D eigenvalue weighted by Crippen LogP contribution is -2.43. The summed E-state index contributed by atoms with van der Waals surface area (Å²) in [6, 6.07) is 6.98. The molecule has 28 heavy (non-hydrogen) atoms. The SMILES string of the molecule is CC(=O)NC1CC(c2nnc(CN3CC=C(c4ccc(F)cc4)CC3)n2C)C1. The number of carbonyl (C=O) groups is 1. The van der Waals surface area contributed by atoms with E-state index in [1.165, 1.54) is 17.7 Å². The minimum Gasteiger partial charge on any atom is -0.354 e. The molecule has 2 aliphatic rings. The van der Waals surface area contributed by atoms with Gasteiger partial charge in [-0.25, -0.2) is 4.39 Å². The molecule has 4 rings (SSSR count). The van der Waals surface area contributed by atoms with E-state index in [-0.39, 0.29) is 17.8 Å². The first-order valence-corrected chi connectivity index (χ1v) is 9.82. The monoisotopic (exact) mass is 383 g/mol. The second-order valence-electron chi connectivity index (χ2n) is 7.82. The van der Waals surface area contributed by atoms with Crippen molar-refractivity contribution in [2.24, 2.45) is 7.05 Å². The Morgan fingerprint density at radius 2 is 2.00 bits per heavy atom. The summed E-state index contributed by atoms with van der Waals surface area (Å²) in [6.45, 7) is 4.11. The van der Waals surface area contributed by atoms with E-state index >= 15 is 0 Å². The fourth-order valence-corrected chi connectivity index (χ4v) is 4.08. The molecule has 1 aromatic heterocycles. The lowest BCUT2D eigenvalue weighted by atomic mass is 9.79. The number of halogens is 1. The second kappa shape index (κ2) is 7.83. The van der Waals surface area contributed by atoms with Crippen molar-refractivity contribution < 1.29 is 9.18 Å². The van der Waals surface area contributed by atoms with Crippen LogP contribution in [0.4, 0.5) is 4.39 Å². The Balaban J connectivity index is 1.34. The van der Waals surface area contributed by atoms with Crippen LogP contribution in [0.5, 0.6) is 0 Å². The molecule has 1 aliphatic heterocycles. The minimum absolute atomic E-state index is 0.0280. The van der Waals surface area contributed by atoms with E-state index in [2.05, 4.69) is 31.1 Å². The summed E-state index contributed by atoms with van der Waals surface area (Å²) in [5, 5.41) is 11.8. The van der Waals surface area contributed by atoms with Gasteiger partial charge in [-0.15, -0.1) is 10.2 Å². The summed E-state index contributed by atoms with van der Waals surface area (Å²) in [5.74, 6) is 2.18. The van der Waals surface area contributed by atoms with E-state index in [1.807, 2.05) is 19.2 Å². The van der Waals surface area contributed by atoms with Crippen molar-refractivity contribution in [3.8, 4) is 0 Å². The van der Waals surface area contributed by atoms with Crippen LogP contribution in [0.2, 0.25) is 0 Å². The molecule has 0 bridgehead atoms. The van der Waals surface area contributed by atoms with Gasteiger partial charge in [0.25, 0.3) is 0 Å². The number of carbonyl (C=O) groups excluding carboxylic acids is 1. The van der Waals surface area contributed by atoms with Crippen molar-refractivity contribution in [2.75, 3.05) is 13.1 Å². The number of nitrogens with zero attached hydrogens (tertiary/aromatic N) is 4. The Morgan fingerprint density at radius 3 is 2.64 bits per heavy atom. The van der Waals surface area contributed by atoms with Crippen LogP contribution in [0.25, 0.3) is 5.57 Å². The summed E-state index contributed by atoms with van der Waals surface area (Å²) in [7, 11) is 2.03. The van der Waals surface area contributed by atoms with Crippen molar-refractivity contribution in [1.29, 1.82) is 0 Å². The molecule has 2 heterocycles. The number of rotatable bonds is 5. The predicted octanol–water partition coefficient (Wildman–Crippen LogP) is 2.63. The summed E-state index contributed by atoms with van der Waals surface area (Å²) in [5.41, 5.74) is 2.37. The highest BCUT2D eigenvalue weighted by atomic mass is 19.1. The smallest absolute Gasteiger partial charge is 0.217 e. The summed E-state index contributed by atoms with van der Waals surface area (Å²) < 4.78 is 15.2. The van der Waals surface area contributed by atoms with Crippen molar-refractivity contribution >= 4 is 11.5 Å². The molecule has 2 aromatic rings. The van der Waals surface area contributed by atoms with E-state index in [4.69, 9.17) is 0 Å². The van der Waals surface area contributed by atoms with Crippen LogP contribution in [0.3, 0.4) is 0 Å². The van der Waals surface area contributed by atoms with Crippen LogP contribution in [-0.4, -0.2) is 44.7 Å². The first-order chi connectivity index (χ1) is 13.5. The van der Waals surface area contributed by atoms with Gasteiger partial charge < -0.3 is 9.88 Å². The zero-order chi connectivity index (χ0) is 19.7. The Labute approximate surface area is 164 Å². The molecule has 0 saturated heterocycles. The van der Waals surface area contributed by atoms with Crippen LogP contribution in [0.1, 0.15) is 49.3 Å². The van der Waals surface area contributed by atoms with Gasteiger partial charge in [-0.05, 0) is 42.5 Å². The van der Waals surface area contributed by atoms with E-state index in [0.717, 1.165) is 56.1 Å². The number of hydrogen-bond acceptors (Lipinski definition) is 4. The van der Waals surface area contributed by atoms with Gasteiger partial charge in [0.05, 0.1) is 6.54 Å². The fraction of sp³-hybridized carbons (Fsp3) is 0.476. The molecular weight excluding hydrogens is 357 g/mol. The standard InChI is InChI=1S/C21H26FN5O/c1-14(28)23-19-11-17(12-19)21-25-24-20(26(21)2)13-27-9-7-16(8-10-27)15-3-5-18(22)6-4-15/h3-7,17,19H,8-13H2,1-2H3,(H,23,28). The van der Waals surface area contributed by atoms with E-state index in [9.17, 15) is 9.18 Å². The topological polar surface area (TPSA) is 63.1 Å². The third-order valence-corrected chi connectivity index (χ3v) is 5.78. The normalized spacial score (nSPS) is 22.5. The van der Waals surface area contributed by atoms with E-state index < -0.39 is 0 Å². The second-order valence-corrected chi connectivity index (χ2v) is 7.82. The lowest BCUT2D eigenvalue weighted by molar-refractivity contribution is -0.120. The number of benzene rings is 1. The van der Waals surface area contributed by atoms with Crippen LogP contribution in [-0.2, 0) is 18.4 Å². The van der Waals surface area contributed by atoms with Gasteiger partial charge in [-0.3, -0.25) is 9.69 Å². The molecule has 1 N–H and O–H groups in total. The Morgan fingerprint density at radius 1 is 1.25 bits per heavy atom. The molecule has 1 aromatic carbocycles. The van der Waals surface area contributed by atoms with Gasteiger partial charge in [0.1, 0.15) is 17.5 Å². The Bertz CT molecular complexity index is 883. The van der Waals surface area contributed by atoms with Gasteiger partial charge in [-0.1, -0.05) is 18.2 Å². The summed E-state index contributed by atoms with van der Waals surface area (Å²) >= 11 is 0. The van der Waals surface area contributed by atoms with Crippen molar-refractivity contribution in [3.63, 3.8) is 0 Å². The van der Waals surface area contributed by atoms with Crippen molar-refractivity contribution in [2.45, 2.75) is 44.7 Å². The van der Waals surface area contributed by atoms with Gasteiger partial charge in [0, 0.05) is 39.0 Å². The highest BCUT2D eigenvalue weighted by molar-refractivity contribution is 5.73. The Hall–Kier alpha value is -2.54. The zero-order valence-corrected chi connectivity index (χ0v) is 16.4. The van der Waals surface area contributed by atoms with Crippen molar-refractivity contribution in [3.05, 3.63) is 53.4 Å². The predicted molar refractivity (Wildman–Crippen MR) is 105 cm³/mol. The first-order valence-electron chi connectivity index (χ1n) is 9.82. The highest BCUT2D eigenvalue weighted by Gasteiger charge is 2.34. The third-order valence-electron chi connectivity index (χ3n) is 5.78. The first kappa shape index (κ1) is 18.8. The number of amides is 1. The van der Waals surface area contributed by atoms with Gasteiger partial charge in [-0.2, -0.15) is 0 Å². The number of nitrogens with one attached hydrogen (secondary N) is 1. The number of hydrogen-bond donors (Lipinski definition) is 1. The molecule has 6 nitrogen and oxygen atoms in total. The van der Waals surface area contributed by atoms with Gasteiger partial charge >= 0.3 is 0 Å². The molecule has 148 valence electrons. The van der Waals surface area contributed by atoms with Crippen LogP contribution >= 0.6 is 0 Å². The zero-order valence-electron chi connectivity index (χ0n) is 16.4. The fourth-order valence-electron chi connectivity index (χ4n) is 4.08. The average molecular weight is 383 g/mol. The third kappa shape index (κ3) is 3.99. The molecule has 0 spiro atoms. The molecule has 1 aliphatic carbocycles. The lowest BCUT2D eigenvalue weighted by Gasteiger charge is -2.34. The molecule has 0 atom stereocenters. The summed E-state index contributed by atoms with van der Waals surface area (Å²) in [4.78, 5) is 13.5. The summed E-state index contributed by atoms with van der Waals surface area (Å²) in [6.07, 6.45) is 5.02. The van der Waals surface area contributed by atoms with Crippen LogP contribution < -0.4 is 5.32 Å². The van der Waals surface area contributed by atoms with Gasteiger partial charge in [0.15, 0.2) is 0 Å². The molecular formula is C21H26FN5O.